The van der Waals surface area contributed by atoms with Crippen LogP contribution in [0.5, 0.6) is 0 Å². The highest BCUT2D eigenvalue weighted by atomic mass is 32.1. The van der Waals surface area contributed by atoms with Crippen LogP contribution < -0.4 is 22.1 Å². The van der Waals surface area contributed by atoms with Gasteiger partial charge in [0.15, 0.2) is 5.11 Å². The highest BCUT2D eigenvalue weighted by Crippen LogP contribution is 1.91. The molecular weight excluding hydrogens is 164 g/mol. The quantitative estimate of drug-likeness (QED) is 0.296. The van der Waals surface area contributed by atoms with E-state index in [0.717, 1.165) is 0 Å². The van der Waals surface area contributed by atoms with Crippen molar-refractivity contribution in [3.8, 4) is 0 Å². The molecule has 0 amide bonds. The first kappa shape index (κ1) is 9.99. The second-order valence-corrected chi connectivity index (χ2v) is 2.42. The van der Waals surface area contributed by atoms with Crippen LogP contribution >= 0.6 is 12.2 Å². The monoisotopic (exact) mass is 176 g/mol. The zero-order chi connectivity index (χ0) is 8.85. The summed E-state index contributed by atoms with van der Waals surface area (Å²) in [5.41, 5.74) is 13.6. The van der Waals surface area contributed by atoms with Crippen LogP contribution in [0.3, 0.4) is 0 Å². The molecule has 5 nitrogen and oxygen atoms in total. The third kappa shape index (κ3) is 4.40. The molecule has 11 heavy (non-hydrogen) atoms. The van der Waals surface area contributed by atoms with Crippen molar-refractivity contribution >= 4 is 17.3 Å². The Kier molecular flexibility index (Phi) is 4.32. The third-order valence-electron chi connectivity index (χ3n) is 1.10. The lowest BCUT2D eigenvalue weighted by molar-refractivity contribution is 0.198. The highest BCUT2D eigenvalue weighted by Gasteiger charge is 1.92. The molecule has 0 unspecified atom stereocenters. The molecule has 0 atom stereocenters. The fraction of sp³-hybridized carbons (Fsp3) is 0.400. The van der Waals surface area contributed by atoms with Gasteiger partial charge in [-0.3, -0.25) is 16.1 Å². The van der Waals surface area contributed by atoms with Gasteiger partial charge >= 0.3 is 0 Å². The van der Waals surface area contributed by atoms with E-state index < -0.39 is 0 Å². The standard InChI is InChI=1S/C5H12N4OS/c1-3(4(2)9-10)7-8-5(6)11/h7,9-10H,1-2H3,(H3,6,8,11). The Balaban J connectivity index is 3.85. The maximum Gasteiger partial charge on any atom is 0.182 e. The van der Waals surface area contributed by atoms with Crippen molar-refractivity contribution in [2.45, 2.75) is 13.8 Å². The van der Waals surface area contributed by atoms with Crippen LogP contribution in [0.15, 0.2) is 11.4 Å². The van der Waals surface area contributed by atoms with Gasteiger partial charge in [-0.1, -0.05) is 0 Å². The molecule has 6 N–H and O–H groups in total. The molecule has 0 aromatic heterocycles. The van der Waals surface area contributed by atoms with Gasteiger partial charge in [0.1, 0.15) is 0 Å². The number of thiocarbonyl (C=S) groups is 1. The fourth-order valence-electron chi connectivity index (χ4n) is 0.333. The molecule has 0 fully saturated rings. The van der Waals surface area contributed by atoms with E-state index in [1.807, 2.05) is 5.48 Å². The summed E-state index contributed by atoms with van der Waals surface area (Å²) >= 11 is 4.54. The zero-order valence-electron chi connectivity index (χ0n) is 6.43. The molecule has 0 spiro atoms. The van der Waals surface area contributed by atoms with Crippen LogP contribution in [0.4, 0.5) is 0 Å². The summed E-state index contributed by atoms with van der Waals surface area (Å²) in [5, 5.41) is 8.58. The van der Waals surface area contributed by atoms with Gasteiger partial charge in [0.05, 0.1) is 5.70 Å². The third-order valence-corrected chi connectivity index (χ3v) is 1.21. The predicted octanol–water partition coefficient (Wildman–Crippen LogP) is -0.446. The largest absolute Gasteiger partial charge is 0.375 e. The Bertz CT molecular complexity index is 179. The van der Waals surface area contributed by atoms with E-state index in [0.29, 0.717) is 11.4 Å². The molecule has 0 aliphatic heterocycles. The molecule has 0 rings (SSSR count). The van der Waals surface area contributed by atoms with Gasteiger partial charge in [0.2, 0.25) is 0 Å². The number of hydrazine groups is 1. The Labute approximate surface area is 70.6 Å². The van der Waals surface area contributed by atoms with Crippen molar-refractivity contribution in [3.05, 3.63) is 11.4 Å². The number of hydrogen-bond acceptors (Lipinski definition) is 4. The van der Waals surface area contributed by atoms with Crippen LogP contribution in [0, 0.1) is 0 Å². The van der Waals surface area contributed by atoms with Crippen LogP contribution in [0.25, 0.3) is 0 Å². The van der Waals surface area contributed by atoms with Gasteiger partial charge in [0.25, 0.3) is 0 Å². The van der Waals surface area contributed by atoms with Crippen LogP contribution in [0.2, 0.25) is 0 Å². The van der Waals surface area contributed by atoms with Crippen LogP contribution in [-0.2, 0) is 0 Å². The van der Waals surface area contributed by atoms with Gasteiger partial charge in [-0.05, 0) is 26.1 Å². The summed E-state index contributed by atoms with van der Waals surface area (Å²) in [6, 6.07) is 0. The van der Waals surface area contributed by atoms with Gasteiger partial charge in [0, 0.05) is 5.70 Å². The van der Waals surface area contributed by atoms with Gasteiger partial charge in [-0.25, -0.2) is 0 Å². The molecule has 0 saturated heterocycles. The molecule has 64 valence electrons. The fourth-order valence-corrected chi connectivity index (χ4v) is 0.384. The van der Waals surface area contributed by atoms with Crippen molar-refractivity contribution in [1.82, 2.24) is 16.3 Å². The lowest BCUT2D eigenvalue weighted by Gasteiger charge is -2.10. The molecule has 0 aliphatic carbocycles. The first-order chi connectivity index (χ1) is 5.07. The number of nitrogens with two attached hydrogens (primary N) is 1. The normalized spacial score (nSPS) is 11.5. The number of allylic oxidation sites excluding steroid dienone is 2. The first-order valence-corrected chi connectivity index (χ1v) is 3.37. The van der Waals surface area contributed by atoms with Crippen molar-refractivity contribution in [3.63, 3.8) is 0 Å². The van der Waals surface area contributed by atoms with E-state index in [1.165, 1.54) is 0 Å². The minimum absolute atomic E-state index is 0.148. The Morgan fingerprint density at radius 1 is 1.27 bits per heavy atom. The average molecular weight is 176 g/mol. The molecule has 0 heterocycles. The predicted molar refractivity (Wildman–Crippen MR) is 46.4 cm³/mol. The lowest BCUT2D eigenvalue weighted by atomic mass is 10.4. The van der Waals surface area contributed by atoms with Crippen molar-refractivity contribution < 1.29 is 5.21 Å². The molecule has 6 heteroatoms. The topological polar surface area (TPSA) is 82.3 Å². The Hall–Kier alpha value is -1.01. The summed E-state index contributed by atoms with van der Waals surface area (Å²) in [6.45, 7) is 3.45. The van der Waals surface area contributed by atoms with Gasteiger partial charge in [-0.15, -0.1) is 0 Å². The molecule has 0 aliphatic rings. The molecule has 0 aromatic carbocycles. The summed E-state index contributed by atoms with van der Waals surface area (Å²) in [4.78, 5) is 0. The molecule has 0 radical (unpaired) electrons. The summed E-state index contributed by atoms with van der Waals surface area (Å²) in [6.07, 6.45) is 0. The van der Waals surface area contributed by atoms with Crippen molar-refractivity contribution in [2.24, 2.45) is 5.73 Å². The maximum atomic E-state index is 8.43. The zero-order valence-corrected chi connectivity index (χ0v) is 7.25. The molecular formula is C5H12N4OS. The first-order valence-electron chi connectivity index (χ1n) is 2.97. The van der Waals surface area contributed by atoms with E-state index in [1.54, 1.807) is 13.8 Å². The SMILES string of the molecule is CC(NO)=C(C)NNC(N)=S. The number of nitrogens with one attached hydrogen (secondary N) is 3. The second kappa shape index (κ2) is 4.75. The van der Waals surface area contributed by atoms with Gasteiger partial charge < -0.3 is 11.2 Å². The second-order valence-electron chi connectivity index (χ2n) is 1.98. The van der Waals surface area contributed by atoms with E-state index in [9.17, 15) is 0 Å². The van der Waals surface area contributed by atoms with E-state index in [2.05, 4.69) is 23.1 Å². The van der Waals surface area contributed by atoms with Crippen LogP contribution in [-0.4, -0.2) is 10.3 Å². The van der Waals surface area contributed by atoms with Gasteiger partial charge in [-0.2, -0.15) is 0 Å². The summed E-state index contributed by atoms with van der Waals surface area (Å²) in [5.74, 6) is 0. The number of hydrogen-bond donors (Lipinski definition) is 5. The van der Waals surface area contributed by atoms with E-state index in [4.69, 9.17) is 10.9 Å². The number of hydroxylamine groups is 1. The Morgan fingerprint density at radius 2 is 1.82 bits per heavy atom. The number of rotatable bonds is 3. The average Bonchev–Trinajstić information content (AvgIpc) is 1.98. The molecule has 0 aromatic rings. The Morgan fingerprint density at radius 3 is 2.18 bits per heavy atom. The van der Waals surface area contributed by atoms with Crippen molar-refractivity contribution in [1.29, 1.82) is 0 Å². The highest BCUT2D eigenvalue weighted by molar-refractivity contribution is 7.80. The molecule has 0 bridgehead atoms. The van der Waals surface area contributed by atoms with Crippen LogP contribution in [0.1, 0.15) is 13.8 Å². The lowest BCUT2D eigenvalue weighted by Crippen LogP contribution is -2.40. The molecule has 0 saturated carbocycles. The maximum absolute atomic E-state index is 8.43. The summed E-state index contributed by atoms with van der Waals surface area (Å²) in [7, 11) is 0. The van der Waals surface area contributed by atoms with Crippen molar-refractivity contribution in [2.75, 3.05) is 0 Å². The van der Waals surface area contributed by atoms with E-state index in [-0.39, 0.29) is 5.11 Å². The minimum atomic E-state index is 0.148. The smallest absolute Gasteiger partial charge is 0.182 e. The summed E-state index contributed by atoms with van der Waals surface area (Å²) < 4.78 is 0. The minimum Gasteiger partial charge on any atom is -0.375 e. The van der Waals surface area contributed by atoms with E-state index >= 15 is 0 Å².